The first-order chi connectivity index (χ1) is 8.08. The fraction of sp³-hybridized carbons (Fsp3) is 0. The lowest BCUT2D eigenvalue weighted by Crippen LogP contribution is -1.93. The molecule has 17 heavy (non-hydrogen) atoms. The van der Waals surface area contributed by atoms with E-state index in [0.29, 0.717) is 16.3 Å². The summed E-state index contributed by atoms with van der Waals surface area (Å²) in [5.74, 6) is 0. The summed E-state index contributed by atoms with van der Waals surface area (Å²) in [6.07, 6.45) is 0. The smallest absolute Gasteiger partial charge is 0.270 e. The Kier molecular flexibility index (Phi) is 2.97. The Morgan fingerprint density at radius 1 is 1.12 bits per heavy atom. The maximum Gasteiger partial charge on any atom is 0.270 e. The van der Waals surface area contributed by atoms with Crippen molar-refractivity contribution < 1.29 is 4.92 Å². The van der Waals surface area contributed by atoms with E-state index in [1.165, 1.54) is 18.2 Å². The summed E-state index contributed by atoms with van der Waals surface area (Å²) in [6, 6.07) is 11.4. The molecule has 0 bridgehead atoms. The lowest BCUT2D eigenvalue weighted by molar-refractivity contribution is -0.384. The van der Waals surface area contributed by atoms with Gasteiger partial charge in [0, 0.05) is 28.4 Å². The van der Waals surface area contributed by atoms with E-state index in [9.17, 15) is 10.1 Å². The molecule has 2 aromatic rings. The average Bonchev–Trinajstić information content (AvgIpc) is 2.31. The third-order valence-corrected chi connectivity index (χ3v) is 2.65. The van der Waals surface area contributed by atoms with Gasteiger partial charge in [0.15, 0.2) is 0 Å². The van der Waals surface area contributed by atoms with Crippen LogP contribution in [-0.4, -0.2) is 4.92 Å². The molecule has 0 spiro atoms. The van der Waals surface area contributed by atoms with Crippen LogP contribution in [0.2, 0.25) is 5.02 Å². The van der Waals surface area contributed by atoms with Crippen LogP contribution in [0.5, 0.6) is 0 Å². The highest BCUT2D eigenvalue weighted by Gasteiger charge is 2.10. The molecule has 0 saturated carbocycles. The number of hydrogen-bond donors (Lipinski definition) is 1. The summed E-state index contributed by atoms with van der Waals surface area (Å²) >= 11 is 5.78. The monoisotopic (exact) mass is 248 g/mol. The molecule has 0 aliphatic heterocycles. The first-order valence-electron chi connectivity index (χ1n) is 4.88. The van der Waals surface area contributed by atoms with E-state index in [1.54, 1.807) is 24.3 Å². The van der Waals surface area contributed by atoms with Crippen molar-refractivity contribution in [3.8, 4) is 11.1 Å². The van der Waals surface area contributed by atoms with E-state index in [2.05, 4.69) is 0 Å². The van der Waals surface area contributed by atoms with Gasteiger partial charge in [-0.05, 0) is 23.8 Å². The molecular weight excluding hydrogens is 240 g/mol. The number of benzene rings is 2. The van der Waals surface area contributed by atoms with Crippen molar-refractivity contribution in [2.75, 3.05) is 5.73 Å². The highest BCUT2D eigenvalue weighted by molar-refractivity contribution is 6.30. The van der Waals surface area contributed by atoms with Crippen molar-refractivity contribution in [1.82, 2.24) is 0 Å². The molecule has 0 amide bonds. The van der Waals surface area contributed by atoms with Crippen molar-refractivity contribution in [3.05, 3.63) is 57.6 Å². The molecule has 0 aromatic heterocycles. The number of anilines is 1. The van der Waals surface area contributed by atoms with E-state index in [-0.39, 0.29) is 5.69 Å². The number of nitrogens with two attached hydrogens (primary N) is 1. The van der Waals surface area contributed by atoms with Crippen LogP contribution in [0.3, 0.4) is 0 Å². The first-order valence-corrected chi connectivity index (χ1v) is 5.25. The highest BCUT2D eigenvalue weighted by Crippen LogP contribution is 2.30. The van der Waals surface area contributed by atoms with Crippen LogP contribution in [0.25, 0.3) is 11.1 Å². The number of nitro benzene ring substituents is 1. The van der Waals surface area contributed by atoms with E-state index in [4.69, 9.17) is 17.3 Å². The van der Waals surface area contributed by atoms with Gasteiger partial charge in [0.05, 0.1) is 4.92 Å². The lowest BCUT2D eigenvalue weighted by atomic mass is 10.0. The zero-order valence-electron chi connectivity index (χ0n) is 8.76. The number of non-ortho nitro benzene ring substituents is 1. The summed E-state index contributed by atoms with van der Waals surface area (Å²) in [7, 11) is 0. The minimum Gasteiger partial charge on any atom is -0.398 e. The predicted octanol–water partition coefficient (Wildman–Crippen LogP) is 3.50. The van der Waals surface area contributed by atoms with Gasteiger partial charge in [0.1, 0.15) is 0 Å². The van der Waals surface area contributed by atoms with Crippen LogP contribution in [-0.2, 0) is 0 Å². The Bertz CT molecular complexity index is 567. The standard InChI is InChI=1S/C12H9ClN2O2/c13-9-3-1-8(2-4-9)11-7-10(15(16)17)5-6-12(11)14/h1-7H,14H2. The molecule has 5 heteroatoms. The van der Waals surface area contributed by atoms with Crippen molar-refractivity contribution in [2.45, 2.75) is 0 Å². The number of rotatable bonds is 2. The number of nitrogens with zero attached hydrogens (tertiary/aromatic N) is 1. The molecule has 0 heterocycles. The fourth-order valence-corrected chi connectivity index (χ4v) is 1.66. The largest absolute Gasteiger partial charge is 0.398 e. The fourth-order valence-electron chi connectivity index (χ4n) is 1.54. The topological polar surface area (TPSA) is 69.2 Å². The molecule has 2 rings (SSSR count). The van der Waals surface area contributed by atoms with Crippen molar-refractivity contribution in [1.29, 1.82) is 0 Å². The van der Waals surface area contributed by atoms with Gasteiger partial charge in [0.25, 0.3) is 5.69 Å². The minimum absolute atomic E-state index is 0.0177. The van der Waals surface area contributed by atoms with E-state index in [0.717, 1.165) is 5.56 Å². The molecule has 0 unspecified atom stereocenters. The van der Waals surface area contributed by atoms with E-state index in [1.807, 2.05) is 0 Å². The lowest BCUT2D eigenvalue weighted by Gasteiger charge is -2.05. The predicted molar refractivity (Wildman–Crippen MR) is 68.0 cm³/mol. The van der Waals surface area contributed by atoms with Gasteiger partial charge in [0.2, 0.25) is 0 Å². The summed E-state index contributed by atoms with van der Waals surface area (Å²) in [4.78, 5) is 10.2. The zero-order chi connectivity index (χ0) is 12.4. The molecule has 2 aromatic carbocycles. The van der Waals surface area contributed by atoms with Crippen LogP contribution < -0.4 is 5.73 Å². The number of halogens is 1. The molecule has 0 atom stereocenters. The second-order valence-corrected chi connectivity index (χ2v) is 3.97. The molecule has 0 saturated heterocycles. The van der Waals surface area contributed by atoms with Gasteiger partial charge in [-0.15, -0.1) is 0 Å². The Morgan fingerprint density at radius 2 is 1.76 bits per heavy atom. The summed E-state index contributed by atoms with van der Waals surface area (Å²) in [5.41, 5.74) is 7.76. The molecule has 0 aliphatic carbocycles. The molecule has 86 valence electrons. The number of hydrogen-bond acceptors (Lipinski definition) is 3. The van der Waals surface area contributed by atoms with Gasteiger partial charge in [-0.1, -0.05) is 23.7 Å². The quantitative estimate of drug-likeness (QED) is 0.502. The van der Waals surface area contributed by atoms with Gasteiger partial charge >= 0.3 is 0 Å². The van der Waals surface area contributed by atoms with Gasteiger partial charge in [-0.25, -0.2) is 0 Å². The van der Waals surface area contributed by atoms with E-state index < -0.39 is 4.92 Å². The molecule has 2 N–H and O–H groups in total. The second kappa shape index (κ2) is 4.43. The second-order valence-electron chi connectivity index (χ2n) is 3.54. The normalized spacial score (nSPS) is 10.2. The maximum atomic E-state index is 10.7. The number of nitrogen functional groups attached to an aromatic ring is 1. The van der Waals surface area contributed by atoms with Gasteiger partial charge in [-0.2, -0.15) is 0 Å². The summed E-state index contributed by atoms with van der Waals surface area (Å²) < 4.78 is 0. The van der Waals surface area contributed by atoms with Gasteiger partial charge in [-0.3, -0.25) is 10.1 Å². The molecule has 0 aliphatic rings. The third-order valence-electron chi connectivity index (χ3n) is 2.40. The first kappa shape index (κ1) is 11.4. The maximum absolute atomic E-state index is 10.7. The molecular formula is C12H9ClN2O2. The minimum atomic E-state index is -0.446. The number of nitro groups is 1. The van der Waals surface area contributed by atoms with Crippen LogP contribution in [0, 0.1) is 10.1 Å². The van der Waals surface area contributed by atoms with Crippen molar-refractivity contribution in [2.24, 2.45) is 0 Å². The van der Waals surface area contributed by atoms with Crippen LogP contribution in [0.1, 0.15) is 0 Å². The molecule has 4 nitrogen and oxygen atoms in total. The average molecular weight is 249 g/mol. The van der Waals surface area contributed by atoms with Crippen molar-refractivity contribution in [3.63, 3.8) is 0 Å². The summed E-state index contributed by atoms with van der Waals surface area (Å²) in [6.45, 7) is 0. The summed E-state index contributed by atoms with van der Waals surface area (Å²) in [5, 5.41) is 11.3. The van der Waals surface area contributed by atoms with Gasteiger partial charge < -0.3 is 5.73 Å². The van der Waals surface area contributed by atoms with Crippen molar-refractivity contribution >= 4 is 23.0 Å². The van der Waals surface area contributed by atoms with Crippen LogP contribution in [0.4, 0.5) is 11.4 Å². The Balaban J connectivity index is 2.54. The highest BCUT2D eigenvalue weighted by atomic mass is 35.5. The SMILES string of the molecule is Nc1ccc([N+](=O)[O-])cc1-c1ccc(Cl)cc1. The van der Waals surface area contributed by atoms with Crippen LogP contribution >= 0.6 is 11.6 Å². The Hall–Kier alpha value is -2.07. The molecule has 0 fully saturated rings. The van der Waals surface area contributed by atoms with Crippen LogP contribution in [0.15, 0.2) is 42.5 Å². The molecule has 0 radical (unpaired) electrons. The third kappa shape index (κ3) is 2.37. The Labute approximate surface area is 103 Å². The Morgan fingerprint density at radius 3 is 2.35 bits per heavy atom. The van der Waals surface area contributed by atoms with E-state index >= 15 is 0 Å². The zero-order valence-corrected chi connectivity index (χ0v) is 9.52.